The summed E-state index contributed by atoms with van der Waals surface area (Å²) in [6.07, 6.45) is -2.01. The average Bonchev–Trinajstić information content (AvgIpc) is 2.55. The zero-order chi connectivity index (χ0) is 17.0. The van der Waals surface area contributed by atoms with Crippen molar-refractivity contribution in [1.82, 2.24) is 9.80 Å². The van der Waals surface area contributed by atoms with Gasteiger partial charge in [0.2, 0.25) is 0 Å². The van der Waals surface area contributed by atoms with E-state index in [1.807, 2.05) is 0 Å². The molecular formula is C15H18FN3O4. The van der Waals surface area contributed by atoms with Gasteiger partial charge in [-0.15, -0.1) is 0 Å². The smallest absolute Gasteiger partial charge is 0.407 e. The highest BCUT2D eigenvalue weighted by molar-refractivity contribution is 5.65. The van der Waals surface area contributed by atoms with E-state index in [-0.39, 0.29) is 31.8 Å². The Balaban J connectivity index is 2.06. The topological polar surface area (TPSA) is 108 Å². The molecule has 1 aromatic carbocycles. The fraction of sp³-hybridized carbons (Fsp3) is 0.467. The van der Waals surface area contributed by atoms with Gasteiger partial charge in [-0.25, -0.2) is 9.18 Å². The van der Waals surface area contributed by atoms with Crippen LogP contribution in [0.2, 0.25) is 0 Å². The van der Waals surface area contributed by atoms with Gasteiger partial charge in [-0.1, -0.05) is 6.07 Å². The van der Waals surface area contributed by atoms with Gasteiger partial charge in [0.25, 0.3) is 0 Å². The summed E-state index contributed by atoms with van der Waals surface area (Å²) in [6.45, 7) is 0.746. The molecule has 0 aliphatic carbocycles. The molecule has 8 heteroatoms. The molecule has 1 heterocycles. The Bertz CT molecular complexity index is 619. The van der Waals surface area contributed by atoms with Crippen molar-refractivity contribution in [3.63, 3.8) is 0 Å². The van der Waals surface area contributed by atoms with Gasteiger partial charge in [0.05, 0.1) is 24.3 Å². The number of rotatable bonds is 4. The molecule has 1 fully saturated rings. The van der Waals surface area contributed by atoms with Crippen LogP contribution in [-0.4, -0.2) is 70.0 Å². The number of hydrogen-bond acceptors (Lipinski definition) is 5. The summed E-state index contributed by atoms with van der Waals surface area (Å²) in [5, 5.41) is 37.5. The summed E-state index contributed by atoms with van der Waals surface area (Å²) in [5.41, 5.74) is 0.260. The molecule has 0 radical (unpaired) electrons. The number of halogens is 1. The highest BCUT2D eigenvalue weighted by atomic mass is 19.1. The molecule has 3 N–H and O–H groups in total. The number of carbonyl (C=O) groups is 1. The third-order valence-corrected chi connectivity index (χ3v) is 3.99. The normalized spacial score (nSPS) is 20.1. The molecule has 1 aliphatic heterocycles. The van der Waals surface area contributed by atoms with Crippen molar-refractivity contribution in [2.45, 2.75) is 12.1 Å². The predicted molar refractivity (Wildman–Crippen MR) is 78.1 cm³/mol. The largest absolute Gasteiger partial charge is 0.465 e. The minimum absolute atomic E-state index is 0.143. The zero-order valence-electron chi connectivity index (χ0n) is 12.4. The van der Waals surface area contributed by atoms with Crippen molar-refractivity contribution < 1.29 is 24.5 Å². The molecule has 2 rings (SSSR count). The number of aliphatic hydroxyl groups excluding tert-OH is 2. The number of nitrogens with zero attached hydrogens (tertiary/aromatic N) is 3. The second-order valence-corrected chi connectivity index (χ2v) is 5.43. The van der Waals surface area contributed by atoms with E-state index >= 15 is 0 Å². The second kappa shape index (κ2) is 7.37. The van der Waals surface area contributed by atoms with Crippen LogP contribution in [-0.2, 0) is 0 Å². The van der Waals surface area contributed by atoms with E-state index in [9.17, 15) is 19.4 Å². The Morgan fingerprint density at radius 1 is 1.48 bits per heavy atom. The lowest BCUT2D eigenvalue weighted by molar-refractivity contribution is 0.0130. The zero-order valence-corrected chi connectivity index (χ0v) is 12.4. The number of nitriles is 1. The standard InChI is InChI=1S/C15H18FN3O4/c16-13-2-1-10(5-11(13)6-17)14(21)8-18-3-4-19(15(22)23)7-12(18)9-20/h1-2,5,12,14,20-21H,3-4,7-9H2,(H,22,23)/t12-,14?/m0/s1. The Morgan fingerprint density at radius 3 is 2.83 bits per heavy atom. The predicted octanol–water partition coefficient (Wildman–Crippen LogP) is 0.387. The van der Waals surface area contributed by atoms with Gasteiger partial charge in [0.1, 0.15) is 11.9 Å². The van der Waals surface area contributed by atoms with Crippen LogP contribution >= 0.6 is 0 Å². The van der Waals surface area contributed by atoms with Gasteiger partial charge in [-0.05, 0) is 17.7 Å². The van der Waals surface area contributed by atoms with Crippen LogP contribution in [0, 0.1) is 17.1 Å². The van der Waals surface area contributed by atoms with E-state index < -0.39 is 24.1 Å². The first-order valence-electron chi connectivity index (χ1n) is 7.16. The van der Waals surface area contributed by atoms with Gasteiger partial charge >= 0.3 is 6.09 Å². The monoisotopic (exact) mass is 323 g/mol. The molecule has 2 atom stereocenters. The number of benzene rings is 1. The highest BCUT2D eigenvalue weighted by Gasteiger charge is 2.30. The fourth-order valence-corrected chi connectivity index (χ4v) is 2.64. The lowest BCUT2D eigenvalue weighted by atomic mass is 10.0. The van der Waals surface area contributed by atoms with Crippen molar-refractivity contribution in [2.24, 2.45) is 0 Å². The third-order valence-electron chi connectivity index (χ3n) is 3.99. The molecule has 124 valence electrons. The van der Waals surface area contributed by atoms with E-state index in [0.717, 1.165) is 6.07 Å². The van der Waals surface area contributed by atoms with Gasteiger partial charge < -0.3 is 20.2 Å². The van der Waals surface area contributed by atoms with Crippen LogP contribution in [0.3, 0.4) is 0 Å². The first kappa shape index (κ1) is 17.1. The summed E-state index contributed by atoms with van der Waals surface area (Å²) in [7, 11) is 0. The number of β-amino-alcohol motifs (C(OH)–C–C–N with tert-alkyl or cyclic N) is 1. The minimum Gasteiger partial charge on any atom is -0.465 e. The third kappa shape index (κ3) is 3.96. The van der Waals surface area contributed by atoms with Crippen LogP contribution < -0.4 is 0 Å². The Hall–Kier alpha value is -2.21. The average molecular weight is 323 g/mol. The van der Waals surface area contributed by atoms with Crippen molar-refractivity contribution in [3.8, 4) is 6.07 Å². The Kier molecular flexibility index (Phi) is 5.50. The van der Waals surface area contributed by atoms with Crippen LogP contribution in [0.25, 0.3) is 0 Å². The molecule has 1 aromatic rings. The molecule has 1 saturated heterocycles. The van der Waals surface area contributed by atoms with E-state index in [0.29, 0.717) is 12.1 Å². The Labute approximate surface area is 132 Å². The maximum absolute atomic E-state index is 13.3. The molecule has 1 amide bonds. The summed E-state index contributed by atoms with van der Waals surface area (Å²) in [4.78, 5) is 14.0. The lowest BCUT2D eigenvalue weighted by Gasteiger charge is -2.40. The Morgan fingerprint density at radius 2 is 2.22 bits per heavy atom. The van der Waals surface area contributed by atoms with Crippen molar-refractivity contribution in [1.29, 1.82) is 5.26 Å². The summed E-state index contributed by atoms with van der Waals surface area (Å²) < 4.78 is 13.3. The highest BCUT2D eigenvalue weighted by Crippen LogP contribution is 2.20. The quantitative estimate of drug-likeness (QED) is 0.740. The molecule has 1 unspecified atom stereocenters. The SMILES string of the molecule is N#Cc1cc(C(O)CN2CCN(C(=O)O)C[C@H]2CO)ccc1F. The van der Waals surface area contributed by atoms with Gasteiger partial charge in [-0.3, -0.25) is 4.90 Å². The van der Waals surface area contributed by atoms with Gasteiger partial charge in [0.15, 0.2) is 0 Å². The first-order valence-corrected chi connectivity index (χ1v) is 7.16. The number of aliphatic hydroxyl groups is 2. The van der Waals surface area contributed by atoms with Crippen LogP contribution in [0.1, 0.15) is 17.2 Å². The molecule has 23 heavy (non-hydrogen) atoms. The van der Waals surface area contributed by atoms with E-state index in [1.165, 1.54) is 17.0 Å². The number of amides is 1. The molecule has 0 aromatic heterocycles. The van der Waals surface area contributed by atoms with E-state index in [1.54, 1.807) is 11.0 Å². The summed E-state index contributed by atoms with van der Waals surface area (Å²) in [5.74, 6) is -0.647. The summed E-state index contributed by atoms with van der Waals surface area (Å²) >= 11 is 0. The maximum atomic E-state index is 13.3. The number of hydrogen-bond donors (Lipinski definition) is 3. The van der Waals surface area contributed by atoms with Crippen LogP contribution in [0.15, 0.2) is 18.2 Å². The van der Waals surface area contributed by atoms with Crippen molar-refractivity contribution in [2.75, 3.05) is 32.8 Å². The van der Waals surface area contributed by atoms with Crippen LogP contribution in [0.5, 0.6) is 0 Å². The molecular weight excluding hydrogens is 305 g/mol. The van der Waals surface area contributed by atoms with Crippen molar-refractivity contribution >= 4 is 6.09 Å². The first-order chi connectivity index (χ1) is 11.0. The molecule has 0 bridgehead atoms. The second-order valence-electron chi connectivity index (χ2n) is 5.43. The molecule has 0 saturated carbocycles. The van der Waals surface area contributed by atoms with E-state index in [2.05, 4.69) is 0 Å². The van der Waals surface area contributed by atoms with E-state index in [4.69, 9.17) is 10.4 Å². The maximum Gasteiger partial charge on any atom is 0.407 e. The lowest BCUT2D eigenvalue weighted by Crippen LogP contribution is -2.56. The minimum atomic E-state index is -1.04. The van der Waals surface area contributed by atoms with Crippen molar-refractivity contribution in [3.05, 3.63) is 35.1 Å². The molecule has 7 nitrogen and oxygen atoms in total. The van der Waals surface area contributed by atoms with Crippen LogP contribution in [0.4, 0.5) is 9.18 Å². The number of carboxylic acid groups (broad SMARTS) is 1. The number of piperazine rings is 1. The van der Waals surface area contributed by atoms with Gasteiger partial charge in [0, 0.05) is 26.2 Å². The summed E-state index contributed by atoms with van der Waals surface area (Å²) in [6, 6.07) is 5.14. The van der Waals surface area contributed by atoms with Gasteiger partial charge in [-0.2, -0.15) is 5.26 Å². The molecule has 1 aliphatic rings. The fourth-order valence-electron chi connectivity index (χ4n) is 2.64. The molecule has 0 spiro atoms.